The van der Waals surface area contributed by atoms with Crippen molar-refractivity contribution in [2.24, 2.45) is 0 Å². The summed E-state index contributed by atoms with van der Waals surface area (Å²) in [6, 6.07) is 17.7. The number of para-hydroxylation sites is 2. The van der Waals surface area contributed by atoms with Crippen molar-refractivity contribution in [3.8, 4) is 11.4 Å². The van der Waals surface area contributed by atoms with Crippen LogP contribution in [0.2, 0.25) is 0 Å². The Kier molecular flexibility index (Phi) is 3.70. The van der Waals surface area contributed by atoms with Crippen LogP contribution in [-0.2, 0) is 0 Å². The molecule has 0 saturated heterocycles. The zero-order valence-electron chi connectivity index (χ0n) is 13.2. The van der Waals surface area contributed by atoms with Crippen LogP contribution in [0, 0.1) is 0 Å². The van der Waals surface area contributed by atoms with Crippen LogP contribution in [0.25, 0.3) is 22.4 Å². The number of hydrogen-bond acceptors (Lipinski definition) is 5. The van der Waals surface area contributed by atoms with Gasteiger partial charge in [-0.25, -0.2) is 4.98 Å². The maximum absolute atomic E-state index is 5.40. The lowest BCUT2D eigenvalue weighted by atomic mass is 10.2. The molecule has 0 aliphatic heterocycles. The molecule has 4 aromatic rings. The fourth-order valence-electron chi connectivity index (χ4n) is 2.51. The van der Waals surface area contributed by atoms with Crippen molar-refractivity contribution in [2.45, 2.75) is 12.8 Å². The molecule has 6 nitrogen and oxygen atoms in total. The Labute approximate surface area is 138 Å². The average Bonchev–Trinajstić information content (AvgIpc) is 3.27. The Bertz CT molecular complexity index is 911. The molecule has 24 heavy (non-hydrogen) atoms. The largest absolute Gasteiger partial charge is 0.355 e. The van der Waals surface area contributed by atoms with Gasteiger partial charge in [0, 0.05) is 12.1 Å². The molecule has 0 fully saturated rings. The molecule has 1 atom stereocenters. The van der Waals surface area contributed by atoms with Crippen molar-refractivity contribution in [1.29, 1.82) is 0 Å². The fraction of sp³-hybridized carbons (Fsp3) is 0.167. The summed E-state index contributed by atoms with van der Waals surface area (Å²) in [5, 5.41) is 7.35. The Morgan fingerprint density at radius 3 is 2.67 bits per heavy atom. The summed E-state index contributed by atoms with van der Waals surface area (Å²) < 4.78 is 5.40. The smallest absolute Gasteiger partial charge is 0.231 e. The molecule has 2 N–H and O–H groups in total. The Balaban J connectivity index is 1.44. The lowest BCUT2D eigenvalue weighted by molar-refractivity contribution is 0.363. The van der Waals surface area contributed by atoms with E-state index in [0.29, 0.717) is 18.3 Å². The average molecular weight is 319 g/mol. The van der Waals surface area contributed by atoms with E-state index in [4.69, 9.17) is 4.52 Å². The molecule has 2 heterocycles. The third-order valence-electron chi connectivity index (χ3n) is 3.86. The molecule has 120 valence electrons. The van der Waals surface area contributed by atoms with E-state index in [-0.39, 0.29) is 5.92 Å². The zero-order valence-corrected chi connectivity index (χ0v) is 13.2. The van der Waals surface area contributed by atoms with Crippen LogP contribution >= 0.6 is 0 Å². The van der Waals surface area contributed by atoms with E-state index in [2.05, 4.69) is 25.4 Å². The lowest BCUT2D eigenvalue weighted by Crippen LogP contribution is -2.11. The Morgan fingerprint density at radius 1 is 1.04 bits per heavy atom. The number of nitrogens with one attached hydrogen (secondary N) is 2. The molecule has 0 aliphatic carbocycles. The zero-order chi connectivity index (χ0) is 16.4. The number of imidazole rings is 1. The minimum absolute atomic E-state index is 0.0724. The third-order valence-corrected chi connectivity index (χ3v) is 3.86. The standard InChI is InChI=1S/C18H17N5O/c1-12(11-19-18-20-14-9-5-6-10-15(14)21-18)17-22-16(23-24-17)13-7-3-2-4-8-13/h2-10,12H,11H2,1H3,(H2,19,20,21). The van der Waals surface area contributed by atoms with Crippen LogP contribution in [0.4, 0.5) is 5.95 Å². The van der Waals surface area contributed by atoms with Gasteiger partial charge in [0.25, 0.3) is 0 Å². The van der Waals surface area contributed by atoms with Crippen molar-refractivity contribution in [3.63, 3.8) is 0 Å². The molecule has 2 aromatic carbocycles. The first-order chi connectivity index (χ1) is 11.8. The van der Waals surface area contributed by atoms with Gasteiger partial charge in [0.2, 0.25) is 17.7 Å². The van der Waals surface area contributed by atoms with Gasteiger partial charge < -0.3 is 14.8 Å². The van der Waals surface area contributed by atoms with Crippen molar-refractivity contribution in [1.82, 2.24) is 20.1 Å². The number of fused-ring (bicyclic) bond motifs is 1. The second kappa shape index (κ2) is 6.16. The van der Waals surface area contributed by atoms with Gasteiger partial charge in [-0.2, -0.15) is 4.98 Å². The molecular formula is C18H17N5O. The summed E-state index contributed by atoms with van der Waals surface area (Å²) in [4.78, 5) is 12.2. The summed E-state index contributed by atoms with van der Waals surface area (Å²) >= 11 is 0. The lowest BCUT2D eigenvalue weighted by Gasteiger charge is -2.06. The van der Waals surface area contributed by atoms with E-state index in [1.54, 1.807) is 0 Å². The van der Waals surface area contributed by atoms with Gasteiger partial charge in [-0.1, -0.05) is 54.5 Å². The molecule has 6 heteroatoms. The second-order valence-corrected chi connectivity index (χ2v) is 5.71. The molecule has 0 amide bonds. The molecule has 0 aliphatic rings. The third kappa shape index (κ3) is 2.86. The van der Waals surface area contributed by atoms with Crippen molar-refractivity contribution >= 4 is 17.0 Å². The minimum atomic E-state index is 0.0724. The Morgan fingerprint density at radius 2 is 1.83 bits per heavy atom. The van der Waals surface area contributed by atoms with E-state index in [9.17, 15) is 0 Å². The van der Waals surface area contributed by atoms with Crippen LogP contribution < -0.4 is 5.32 Å². The van der Waals surface area contributed by atoms with Gasteiger partial charge in [-0.05, 0) is 12.1 Å². The van der Waals surface area contributed by atoms with Gasteiger partial charge in [0.15, 0.2) is 0 Å². The van der Waals surface area contributed by atoms with E-state index in [0.717, 1.165) is 22.5 Å². The monoisotopic (exact) mass is 319 g/mol. The SMILES string of the molecule is CC(CNc1nc2ccccc2[nH]1)c1nc(-c2ccccc2)no1. The van der Waals surface area contributed by atoms with Gasteiger partial charge in [-0.15, -0.1) is 0 Å². The minimum Gasteiger partial charge on any atom is -0.355 e. The maximum atomic E-state index is 5.40. The molecule has 2 aromatic heterocycles. The highest BCUT2D eigenvalue weighted by atomic mass is 16.5. The van der Waals surface area contributed by atoms with E-state index in [1.807, 2.05) is 61.5 Å². The van der Waals surface area contributed by atoms with Gasteiger partial charge >= 0.3 is 0 Å². The number of anilines is 1. The first-order valence-corrected chi connectivity index (χ1v) is 7.87. The molecule has 4 rings (SSSR count). The molecule has 1 unspecified atom stereocenters. The number of aromatic amines is 1. The summed E-state index contributed by atoms with van der Waals surface area (Å²) in [6.07, 6.45) is 0. The van der Waals surface area contributed by atoms with E-state index < -0.39 is 0 Å². The van der Waals surface area contributed by atoms with Crippen LogP contribution in [0.1, 0.15) is 18.7 Å². The molecule has 0 bridgehead atoms. The number of rotatable bonds is 5. The molecular weight excluding hydrogens is 302 g/mol. The number of aromatic nitrogens is 4. The van der Waals surface area contributed by atoms with Crippen LogP contribution in [0.15, 0.2) is 59.1 Å². The maximum Gasteiger partial charge on any atom is 0.231 e. The number of H-pyrrole nitrogens is 1. The fourth-order valence-corrected chi connectivity index (χ4v) is 2.51. The molecule has 0 saturated carbocycles. The van der Waals surface area contributed by atoms with Gasteiger partial charge in [0.1, 0.15) is 0 Å². The highest BCUT2D eigenvalue weighted by Gasteiger charge is 2.15. The highest BCUT2D eigenvalue weighted by Crippen LogP contribution is 2.20. The predicted octanol–water partition coefficient (Wildman–Crippen LogP) is 3.83. The summed E-state index contributed by atoms with van der Waals surface area (Å²) in [5.41, 5.74) is 2.90. The van der Waals surface area contributed by atoms with E-state index >= 15 is 0 Å². The van der Waals surface area contributed by atoms with Crippen molar-refractivity contribution < 1.29 is 4.52 Å². The summed E-state index contributed by atoms with van der Waals surface area (Å²) in [5.74, 6) is 2.03. The predicted molar refractivity (Wildman–Crippen MR) is 92.7 cm³/mol. The van der Waals surface area contributed by atoms with Crippen molar-refractivity contribution in [2.75, 3.05) is 11.9 Å². The van der Waals surface area contributed by atoms with Crippen LogP contribution in [0.3, 0.4) is 0 Å². The topological polar surface area (TPSA) is 79.6 Å². The number of hydrogen-bond donors (Lipinski definition) is 2. The summed E-state index contributed by atoms with van der Waals surface area (Å²) in [6.45, 7) is 2.69. The van der Waals surface area contributed by atoms with E-state index in [1.165, 1.54) is 0 Å². The second-order valence-electron chi connectivity index (χ2n) is 5.71. The number of benzene rings is 2. The first-order valence-electron chi connectivity index (χ1n) is 7.87. The first kappa shape index (κ1) is 14.4. The molecule has 0 spiro atoms. The van der Waals surface area contributed by atoms with Crippen molar-refractivity contribution in [3.05, 3.63) is 60.5 Å². The normalized spacial score (nSPS) is 12.4. The van der Waals surface area contributed by atoms with Crippen LogP contribution in [0.5, 0.6) is 0 Å². The molecule has 0 radical (unpaired) electrons. The quantitative estimate of drug-likeness (QED) is 0.584. The Hall–Kier alpha value is -3.15. The van der Waals surface area contributed by atoms with Gasteiger partial charge in [0.05, 0.1) is 17.0 Å². The highest BCUT2D eigenvalue weighted by molar-refractivity contribution is 5.77. The van der Waals surface area contributed by atoms with Crippen LogP contribution in [-0.4, -0.2) is 26.7 Å². The summed E-state index contributed by atoms with van der Waals surface area (Å²) in [7, 11) is 0. The van der Waals surface area contributed by atoms with Gasteiger partial charge in [-0.3, -0.25) is 0 Å². The number of nitrogens with zero attached hydrogens (tertiary/aromatic N) is 3.